The molecule has 0 heterocycles. The first-order chi connectivity index (χ1) is 5.24. The molecule has 0 aromatic heterocycles. The van der Waals surface area contributed by atoms with E-state index >= 15 is 0 Å². The van der Waals surface area contributed by atoms with E-state index < -0.39 is 0 Å². The molecule has 66 valence electrons. The first kappa shape index (κ1) is 10.7. The minimum atomic E-state index is 0.153. The molecule has 0 saturated carbocycles. The molecule has 11 heavy (non-hydrogen) atoms. The lowest BCUT2D eigenvalue weighted by Gasteiger charge is -2.09. The van der Waals surface area contributed by atoms with Gasteiger partial charge in [-0.2, -0.15) is 0 Å². The molecule has 0 aromatic rings. The third-order valence-electron chi connectivity index (χ3n) is 1.77. The van der Waals surface area contributed by atoms with Crippen LogP contribution in [0.2, 0.25) is 0 Å². The molecule has 0 aliphatic heterocycles. The van der Waals surface area contributed by atoms with Crippen molar-refractivity contribution in [1.82, 2.24) is 0 Å². The highest BCUT2D eigenvalue weighted by atomic mass is 16.5. The molecule has 0 radical (unpaired) electrons. The second kappa shape index (κ2) is 6.38. The molecule has 0 fully saturated rings. The van der Waals surface area contributed by atoms with Gasteiger partial charge in [0.1, 0.15) is 0 Å². The molecule has 1 N–H and O–H groups in total. The van der Waals surface area contributed by atoms with Crippen LogP contribution in [0, 0.1) is 0 Å². The van der Waals surface area contributed by atoms with Crippen molar-refractivity contribution >= 4 is 0 Å². The molecule has 0 aromatic carbocycles. The molecule has 0 spiro atoms. The van der Waals surface area contributed by atoms with Crippen molar-refractivity contribution in [3.8, 4) is 0 Å². The fourth-order valence-corrected chi connectivity index (χ4v) is 0.827. The molecule has 0 rings (SSSR count). The van der Waals surface area contributed by atoms with E-state index in [-0.39, 0.29) is 6.61 Å². The van der Waals surface area contributed by atoms with Crippen LogP contribution in [0.5, 0.6) is 0 Å². The maximum absolute atomic E-state index is 8.68. The van der Waals surface area contributed by atoms with Crippen LogP contribution in [-0.2, 0) is 4.74 Å². The van der Waals surface area contributed by atoms with Crippen LogP contribution in [-0.4, -0.2) is 24.9 Å². The molecule has 1 unspecified atom stereocenters. The van der Waals surface area contributed by atoms with Gasteiger partial charge in [0.05, 0.1) is 12.7 Å². The Kier molecular flexibility index (Phi) is 6.18. The van der Waals surface area contributed by atoms with Gasteiger partial charge in [0.25, 0.3) is 0 Å². The van der Waals surface area contributed by atoms with E-state index in [1.54, 1.807) is 7.11 Å². The van der Waals surface area contributed by atoms with Crippen molar-refractivity contribution in [2.24, 2.45) is 0 Å². The van der Waals surface area contributed by atoms with Crippen LogP contribution in [0.3, 0.4) is 0 Å². The average molecular weight is 158 g/mol. The van der Waals surface area contributed by atoms with E-state index in [0.29, 0.717) is 6.10 Å². The predicted octanol–water partition coefficient (Wildman–Crippen LogP) is 1.74. The van der Waals surface area contributed by atoms with E-state index in [1.165, 1.54) is 0 Å². The van der Waals surface area contributed by atoms with Gasteiger partial charge in [0.2, 0.25) is 0 Å². The van der Waals surface area contributed by atoms with Gasteiger partial charge in [-0.25, -0.2) is 0 Å². The van der Waals surface area contributed by atoms with E-state index in [1.807, 2.05) is 13.0 Å². The van der Waals surface area contributed by atoms with Crippen molar-refractivity contribution in [1.29, 1.82) is 0 Å². The lowest BCUT2D eigenvalue weighted by Crippen LogP contribution is -2.07. The second-order valence-corrected chi connectivity index (χ2v) is 2.71. The number of aliphatic hydroxyl groups is 1. The zero-order chi connectivity index (χ0) is 8.69. The van der Waals surface area contributed by atoms with Crippen molar-refractivity contribution < 1.29 is 9.84 Å². The minimum Gasteiger partial charge on any atom is -0.392 e. The summed E-state index contributed by atoms with van der Waals surface area (Å²) in [7, 11) is 1.72. The number of methoxy groups -OCH3 is 1. The molecule has 2 heteroatoms. The summed E-state index contributed by atoms with van der Waals surface area (Å²) in [6.07, 6.45) is 4.25. The monoisotopic (exact) mass is 158 g/mol. The summed E-state index contributed by atoms with van der Waals surface area (Å²) in [5.41, 5.74) is 1.01. The SMILES string of the molecule is CCC(C/C=C(\C)CO)OC. The highest BCUT2D eigenvalue weighted by Gasteiger charge is 2.00. The van der Waals surface area contributed by atoms with Crippen LogP contribution in [0.1, 0.15) is 26.7 Å². The van der Waals surface area contributed by atoms with Crippen LogP contribution in [0.4, 0.5) is 0 Å². The van der Waals surface area contributed by atoms with E-state index in [9.17, 15) is 0 Å². The number of rotatable bonds is 5. The summed E-state index contributed by atoms with van der Waals surface area (Å²) in [6.45, 7) is 4.17. The fraction of sp³-hybridized carbons (Fsp3) is 0.778. The highest BCUT2D eigenvalue weighted by Crippen LogP contribution is 2.04. The van der Waals surface area contributed by atoms with Gasteiger partial charge in [0.15, 0.2) is 0 Å². The van der Waals surface area contributed by atoms with E-state index in [4.69, 9.17) is 9.84 Å². The third-order valence-corrected chi connectivity index (χ3v) is 1.77. The number of hydrogen-bond acceptors (Lipinski definition) is 2. The number of ether oxygens (including phenoxy) is 1. The van der Waals surface area contributed by atoms with Gasteiger partial charge in [-0.1, -0.05) is 18.6 Å². The zero-order valence-electron chi connectivity index (χ0n) is 7.63. The molecule has 0 bridgehead atoms. The summed E-state index contributed by atoms with van der Waals surface area (Å²) in [5, 5.41) is 8.68. The van der Waals surface area contributed by atoms with Crippen molar-refractivity contribution in [2.45, 2.75) is 32.8 Å². The Balaban J connectivity index is 3.65. The van der Waals surface area contributed by atoms with Gasteiger partial charge in [-0.3, -0.25) is 0 Å². The average Bonchev–Trinajstić information content (AvgIpc) is 2.06. The molecule has 0 aliphatic rings. The summed E-state index contributed by atoms with van der Waals surface area (Å²) < 4.78 is 5.17. The zero-order valence-corrected chi connectivity index (χ0v) is 7.63. The number of aliphatic hydroxyl groups excluding tert-OH is 1. The fourth-order valence-electron chi connectivity index (χ4n) is 0.827. The lowest BCUT2D eigenvalue weighted by molar-refractivity contribution is 0.102. The van der Waals surface area contributed by atoms with E-state index in [0.717, 1.165) is 18.4 Å². The molecular formula is C9H18O2. The maximum atomic E-state index is 8.68. The number of hydrogen-bond donors (Lipinski definition) is 1. The maximum Gasteiger partial charge on any atom is 0.0639 e. The molecule has 0 aliphatic carbocycles. The Labute approximate surface area is 68.9 Å². The largest absolute Gasteiger partial charge is 0.392 e. The van der Waals surface area contributed by atoms with Crippen LogP contribution in [0.15, 0.2) is 11.6 Å². The van der Waals surface area contributed by atoms with Gasteiger partial charge >= 0.3 is 0 Å². The van der Waals surface area contributed by atoms with Crippen molar-refractivity contribution in [2.75, 3.05) is 13.7 Å². The quantitative estimate of drug-likeness (QED) is 0.617. The van der Waals surface area contributed by atoms with Gasteiger partial charge < -0.3 is 9.84 Å². The van der Waals surface area contributed by atoms with E-state index in [2.05, 4.69) is 6.92 Å². The summed E-state index contributed by atoms with van der Waals surface area (Å²) >= 11 is 0. The lowest BCUT2D eigenvalue weighted by atomic mass is 10.1. The third kappa shape index (κ3) is 4.99. The standard InChI is InChI=1S/C9H18O2/c1-4-9(11-3)6-5-8(2)7-10/h5,9-10H,4,6-7H2,1-3H3/b8-5+. The van der Waals surface area contributed by atoms with Crippen LogP contribution in [0.25, 0.3) is 0 Å². The Morgan fingerprint density at radius 3 is 2.64 bits per heavy atom. The summed E-state index contributed by atoms with van der Waals surface area (Å²) in [4.78, 5) is 0. The Bertz CT molecular complexity index is 115. The van der Waals surface area contributed by atoms with Crippen LogP contribution < -0.4 is 0 Å². The van der Waals surface area contributed by atoms with Crippen molar-refractivity contribution in [3.63, 3.8) is 0 Å². The molecular weight excluding hydrogens is 140 g/mol. The second-order valence-electron chi connectivity index (χ2n) is 2.71. The molecule has 2 nitrogen and oxygen atoms in total. The smallest absolute Gasteiger partial charge is 0.0639 e. The topological polar surface area (TPSA) is 29.5 Å². The molecule has 1 atom stereocenters. The minimum absolute atomic E-state index is 0.153. The molecule has 0 amide bonds. The summed E-state index contributed by atoms with van der Waals surface area (Å²) in [5.74, 6) is 0. The predicted molar refractivity (Wildman–Crippen MR) is 46.5 cm³/mol. The first-order valence-electron chi connectivity index (χ1n) is 4.03. The van der Waals surface area contributed by atoms with Gasteiger partial charge in [0, 0.05) is 7.11 Å². The first-order valence-corrected chi connectivity index (χ1v) is 4.03. The van der Waals surface area contributed by atoms with Crippen molar-refractivity contribution in [3.05, 3.63) is 11.6 Å². The van der Waals surface area contributed by atoms with Gasteiger partial charge in [-0.05, 0) is 19.8 Å². The Hall–Kier alpha value is -0.340. The normalized spacial score (nSPS) is 15.1. The Morgan fingerprint density at radius 2 is 2.27 bits per heavy atom. The summed E-state index contributed by atoms with van der Waals surface area (Å²) in [6, 6.07) is 0. The van der Waals surface area contributed by atoms with Crippen LogP contribution >= 0.6 is 0 Å². The highest BCUT2D eigenvalue weighted by molar-refractivity contribution is 4.98. The van der Waals surface area contributed by atoms with Gasteiger partial charge in [-0.15, -0.1) is 0 Å². The molecule has 0 saturated heterocycles. The Morgan fingerprint density at radius 1 is 1.64 bits per heavy atom.